The van der Waals surface area contributed by atoms with Crippen LogP contribution in [0.15, 0.2) is 18.2 Å². The Bertz CT molecular complexity index is 493. The van der Waals surface area contributed by atoms with Crippen molar-refractivity contribution in [2.45, 2.75) is 18.5 Å². The van der Waals surface area contributed by atoms with Crippen LogP contribution in [0.3, 0.4) is 0 Å². The van der Waals surface area contributed by atoms with Crippen molar-refractivity contribution in [2.75, 3.05) is 5.75 Å². The van der Waals surface area contributed by atoms with E-state index in [4.69, 9.17) is 16.6 Å². The minimum absolute atomic E-state index is 0.0524. The maximum absolute atomic E-state index is 11.9. The van der Waals surface area contributed by atoms with Crippen molar-refractivity contribution < 1.29 is 19.8 Å². The summed E-state index contributed by atoms with van der Waals surface area (Å²) in [7, 11) is 0. The summed E-state index contributed by atoms with van der Waals surface area (Å²) in [5, 5.41) is 18.4. The van der Waals surface area contributed by atoms with E-state index in [0.717, 1.165) is 0 Å². The van der Waals surface area contributed by atoms with Gasteiger partial charge in [-0.1, -0.05) is 6.07 Å². The second-order valence-corrected chi connectivity index (χ2v) is 4.52. The van der Waals surface area contributed by atoms with Crippen LogP contribution < -0.4 is 11.5 Å². The van der Waals surface area contributed by atoms with Gasteiger partial charge < -0.3 is 21.7 Å². The molecule has 104 valence electrons. The van der Waals surface area contributed by atoms with E-state index in [1.165, 1.54) is 18.2 Å². The third-order valence-corrected chi connectivity index (χ3v) is 3.03. The molecule has 0 aliphatic carbocycles. The lowest BCUT2D eigenvalue weighted by Crippen LogP contribution is -2.33. The van der Waals surface area contributed by atoms with Crippen molar-refractivity contribution in [3.8, 4) is 5.75 Å². The van der Waals surface area contributed by atoms with Gasteiger partial charge in [-0.25, -0.2) is 0 Å². The van der Waals surface area contributed by atoms with Crippen LogP contribution in [0.25, 0.3) is 0 Å². The average molecular weight is 284 g/mol. The molecule has 1 rings (SSSR count). The Morgan fingerprint density at radius 3 is 2.42 bits per heavy atom. The van der Waals surface area contributed by atoms with Crippen LogP contribution in [-0.2, 0) is 11.2 Å². The van der Waals surface area contributed by atoms with Gasteiger partial charge in [0.2, 0.25) is 0 Å². The van der Waals surface area contributed by atoms with Crippen molar-refractivity contribution in [3.63, 3.8) is 0 Å². The second-order valence-electron chi connectivity index (χ2n) is 4.15. The number of thiol groups is 1. The maximum Gasteiger partial charge on any atom is 0.320 e. The van der Waals surface area contributed by atoms with Gasteiger partial charge in [0.05, 0.1) is 11.6 Å². The summed E-state index contributed by atoms with van der Waals surface area (Å²) in [6.45, 7) is 0. The number of nitrogens with two attached hydrogens (primary N) is 2. The van der Waals surface area contributed by atoms with Gasteiger partial charge >= 0.3 is 5.97 Å². The quantitative estimate of drug-likeness (QED) is 0.363. The first-order valence-corrected chi connectivity index (χ1v) is 6.21. The number of hydrogen-bond acceptors (Lipinski definition) is 6. The number of aromatic hydroxyl groups is 1. The fraction of sp³-hybridized carbons (Fsp3) is 0.333. The van der Waals surface area contributed by atoms with Crippen molar-refractivity contribution in [3.05, 3.63) is 29.3 Å². The standard InChI is InChI=1S/C12H16N2O4S/c13-8(12(17)18)4-6-1-2-10(15)7(3-6)11(16)9(14)5-19/h1-3,8-9,15,19H,4-5,13-14H2,(H,17,18)/t8-,9+/m0/s1. The molecule has 2 atom stereocenters. The lowest BCUT2D eigenvalue weighted by molar-refractivity contribution is -0.138. The Morgan fingerprint density at radius 1 is 1.26 bits per heavy atom. The highest BCUT2D eigenvalue weighted by molar-refractivity contribution is 7.80. The molecule has 7 heteroatoms. The lowest BCUT2D eigenvalue weighted by Gasteiger charge is -2.12. The van der Waals surface area contributed by atoms with Crippen LogP contribution in [0.1, 0.15) is 15.9 Å². The molecule has 6 N–H and O–H groups in total. The number of hydrogen-bond donors (Lipinski definition) is 5. The predicted octanol–water partition coefficient (Wildman–Crippen LogP) is -0.214. The van der Waals surface area contributed by atoms with Crippen molar-refractivity contribution in [2.24, 2.45) is 11.5 Å². The Labute approximate surface area is 115 Å². The Kier molecular flexibility index (Phi) is 5.34. The van der Waals surface area contributed by atoms with Crippen LogP contribution in [0.2, 0.25) is 0 Å². The largest absolute Gasteiger partial charge is 0.507 e. The number of carbonyl (C=O) groups excluding carboxylic acids is 1. The fourth-order valence-electron chi connectivity index (χ4n) is 1.53. The van der Waals surface area contributed by atoms with Gasteiger partial charge in [-0.2, -0.15) is 12.6 Å². The molecule has 0 radical (unpaired) electrons. The van der Waals surface area contributed by atoms with Gasteiger partial charge in [-0.05, 0) is 24.1 Å². The monoisotopic (exact) mass is 284 g/mol. The summed E-state index contributed by atoms with van der Waals surface area (Å²) < 4.78 is 0. The van der Waals surface area contributed by atoms with E-state index in [1.54, 1.807) is 0 Å². The SMILES string of the molecule is N[C@H](CS)C(=O)c1cc(C[C@H](N)C(=O)O)ccc1O. The van der Waals surface area contributed by atoms with Gasteiger partial charge in [0.1, 0.15) is 11.8 Å². The molecule has 0 aliphatic heterocycles. The van der Waals surface area contributed by atoms with E-state index in [9.17, 15) is 14.7 Å². The Hall–Kier alpha value is -1.57. The van der Waals surface area contributed by atoms with Gasteiger partial charge in [-0.3, -0.25) is 9.59 Å². The number of carboxylic acids is 1. The zero-order valence-corrected chi connectivity index (χ0v) is 11.0. The number of Topliss-reactive ketones (excluding diaryl/α,β-unsaturated/α-hetero) is 1. The molecule has 6 nitrogen and oxygen atoms in total. The second kappa shape index (κ2) is 6.55. The molecule has 19 heavy (non-hydrogen) atoms. The molecule has 0 saturated carbocycles. The van der Waals surface area contributed by atoms with Gasteiger partial charge in [0.25, 0.3) is 0 Å². The molecule has 0 unspecified atom stereocenters. The van der Waals surface area contributed by atoms with Crippen molar-refractivity contribution >= 4 is 24.4 Å². The molecule has 0 amide bonds. The first kappa shape index (κ1) is 15.5. The van der Waals surface area contributed by atoms with Crippen LogP contribution in [0.4, 0.5) is 0 Å². The fourth-order valence-corrected chi connectivity index (χ4v) is 1.70. The highest BCUT2D eigenvalue weighted by atomic mass is 32.1. The first-order valence-electron chi connectivity index (χ1n) is 5.57. The zero-order valence-electron chi connectivity index (χ0n) is 10.1. The van der Waals surface area contributed by atoms with E-state index in [2.05, 4.69) is 12.6 Å². The topological polar surface area (TPSA) is 127 Å². The molecule has 0 aromatic heterocycles. The summed E-state index contributed by atoms with van der Waals surface area (Å²) >= 11 is 3.92. The minimum Gasteiger partial charge on any atom is -0.507 e. The molecule has 0 aliphatic rings. The van der Waals surface area contributed by atoms with Crippen molar-refractivity contribution in [1.82, 2.24) is 0 Å². The van der Waals surface area contributed by atoms with Crippen LogP contribution in [0, 0.1) is 0 Å². The number of rotatable bonds is 6. The van der Waals surface area contributed by atoms with E-state index in [1.807, 2.05) is 0 Å². The van der Waals surface area contributed by atoms with Gasteiger partial charge in [-0.15, -0.1) is 0 Å². The number of ketones is 1. The number of carboxylic acid groups (broad SMARTS) is 1. The molecule has 0 saturated heterocycles. The minimum atomic E-state index is -1.13. The highest BCUT2D eigenvalue weighted by Crippen LogP contribution is 2.21. The molecular formula is C12H16N2O4S. The van der Waals surface area contributed by atoms with Gasteiger partial charge in [0, 0.05) is 5.75 Å². The summed E-state index contributed by atoms with van der Waals surface area (Å²) in [5.74, 6) is -1.63. The molecule has 0 spiro atoms. The van der Waals surface area contributed by atoms with E-state index in [-0.39, 0.29) is 23.5 Å². The number of benzene rings is 1. The summed E-state index contributed by atoms with van der Waals surface area (Å²) in [6.07, 6.45) is 0.0615. The number of carbonyl (C=O) groups is 2. The zero-order chi connectivity index (χ0) is 14.6. The normalized spacial score (nSPS) is 13.8. The number of phenolic OH excluding ortho intramolecular Hbond substituents is 1. The average Bonchev–Trinajstić information content (AvgIpc) is 2.38. The number of aliphatic carboxylic acids is 1. The third-order valence-electron chi connectivity index (χ3n) is 2.63. The Morgan fingerprint density at radius 2 is 1.89 bits per heavy atom. The summed E-state index contributed by atoms with van der Waals surface area (Å²) in [4.78, 5) is 22.6. The first-order chi connectivity index (χ1) is 8.86. The third kappa shape index (κ3) is 3.95. The van der Waals surface area contributed by atoms with Crippen molar-refractivity contribution in [1.29, 1.82) is 0 Å². The molecule has 0 bridgehead atoms. The smallest absolute Gasteiger partial charge is 0.320 e. The van der Waals surface area contributed by atoms with Gasteiger partial charge in [0.15, 0.2) is 5.78 Å². The molecular weight excluding hydrogens is 268 g/mol. The summed E-state index contributed by atoms with van der Waals surface area (Å²) in [5.41, 5.74) is 11.6. The van der Waals surface area contributed by atoms with Crippen LogP contribution in [0.5, 0.6) is 5.75 Å². The van der Waals surface area contributed by atoms with Crippen LogP contribution >= 0.6 is 12.6 Å². The lowest BCUT2D eigenvalue weighted by atomic mass is 9.99. The predicted molar refractivity (Wildman–Crippen MR) is 73.6 cm³/mol. The van der Waals surface area contributed by atoms with E-state index in [0.29, 0.717) is 5.56 Å². The number of phenols is 1. The van der Waals surface area contributed by atoms with Crippen LogP contribution in [-0.4, -0.2) is 39.8 Å². The van der Waals surface area contributed by atoms with E-state index >= 15 is 0 Å². The maximum atomic E-state index is 11.9. The molecule has 1 aromatic carbocycles. The molecule has 0 fully saturated rings. The Balaban J connectivity index is 3.00. The molecule has 0 heterocycles. The van der Waals surface area contributed by atoms with E-state index < -0.39 is 23.8 Å². The molecule has 1 aromatic rings. The summed E-state index contributed by atoms with van der Waals surface area (Å²) in [6, 6.07) is 2.36. The highest BCUT2D eigenvalue weighted by Gasteiger charge is 2.19.